The first-order valence-corrected chi connectivity index (χ1v) is 9.52. The highest BCUT2D eigenvalue weighted by molar-refractivity contribution is 8.14. The van der Waals surface area contributed by atoms with Gasteiger partial charge in [-0.3, -0.25) is 10.4 Å². The van der Waals surface area contributed by atoms with Crippen LogP contribution in [0.15, 0.2) is 52.6 Å². The molecule has 0 atom stereocenters. The molecule has 0 radical (unpaired) electrons. The molecule has 7 heteroatoms. The number of thioether (sulfide) groups is 1. The van der Waals surface area contributed by atoms with Gasteiger partial charge in [0.15, 0.2) is 16.7 Å². The van der Waals surface area contributed by atoms with Gasteiger partial charge in [-0.25, -0.2) is 0 Å². The highest BCUT2D eigenvalue weighted by Crippen LogP contribution is 2.27. The molecule has 2 aromatic carbocycles. The normalized spacial score (nSPS) is 15.3. The summed E-state index contributed by atoms with van der Waals surface area (Å²) in [6, 6.07) is 13.6. The number of hydrogen-bond acceptors (Lipinski definition) is 5. The van der Waals surface area contributed by atoms with Crippen molar-refractivity contribution < 1.29 is 9.47 Å². The third-order valence-electron chi connectivity index (χ3n) is 3.91. The number of hydrazone groups is 1. The number of benzene rings is 2. The zero-order valence-electron chi connectivity index (χ0n) is 14.7. The third kappa shape index (κ3) is 4.71. The van der Waals surface area contributed by atoms with Crippen LogP contribution >= 0.6 is 23.4 Å². The quantitative estimate of drug-likeness (QED) is 0.811. The standard InChI is InChI=1S/C19H20ClN3O2S/c1-24-17-8-3-13(11-18(17)25-2)9-10-21-19-23-22-16(12-26-19)14-4-6-15(20)7-5-14/h3-8,11H,9-10,12H2,1-2H3,(H,21,23). The predicted octanol–water partition coefficient (Wildman–Crippen LogP) is 4.00. The van der Waals surface area contributed by atoms with E-state index in [0.717, 1.165) is 50.7 Å². The Bertz CT molecular complexity index is 822. The minimum Gasteiger partial charge on any atom is -0.493 e. The van der Waals surface area contributed by atoms with Gasteiger partial charge in [0.1, 0.15) is 0 Å². The summed E-state index contributed by atoms with van der Waals surface area (Å²) < 4.78 is 10.6. The molecule has 0 bridgehead atoms. The Morgan fingerprint density at radius 3 is 2.54 bits per heavy atom. The summed E-state index contributed by atoms with van der Waals surface area (Å²) in [5.74, 6) is 2.25. The SMILES string of the molecule is COc1ccc(CCN=C2NN=C(c3ccc(Cl)cc3)CS2)cc1OC. The summed E-state index contributed by atoms with van der Waals surface area (Å²) in [4.78, 5) is 4.59. The topological polar surface area (TPSA) is 55.2 Å². The maximum Gasteiger partial charge on any atom is 0.177 e. The van der Waals surface area contributed by atoms with Crippen LogP contribution in [0.5, 0.6) is 11.5 Å². The Kier molecular flexibility index (Phi) is 6.41. The number of methoxy groups -OCH3 is 2. The van der Waals surface area contributed by atoms with Gasteiger partial charge < -0.3 is 9.47 Å². The minimum atomic E-state index is 0.677. The van der Waals surface area contributed by atoms with E-state index < -0.39 is 0 Å². The largest absolute Gasteiger partial charge is 0.493 e. The summed E-state index contributed by atoms with van der Waals surface area (Å²) in [7, 11) is 3.27. The van der Waals surface area contributed by atoms with E-state index >= 15 is 0 Å². The van der Waals surface area contributed by atoms with E-state index in [2.05, 4.69) is 15.5 Å². The second-order valence-corrected chi connectivity index (χ2v) is 6.99. The van der Waals surface area contributed by atoms with Crippen LogP contribution in [-0.4, -0.2) is 37.4 Å². The smallest absolute Gasteiger partial charge is 0.177 e. The molecule has 1 aliphatic rings. The molecule has 136 valence electrons. The van der Waals surface area contributed by atoms with Gasteiger partial charge in [-0.1, -0.05) is 41.6 Å². The maximum atomic E-state index is 5.92. The average Bonchev–Trinajstić information content (AvgIpc) is 2.69. The number of amidine groups is 1. The van der Waals surface area contributed by atoms with Gasteiger partial charge in [0.25, 0.3) is 0 Å². The van der Waals surface area contributed by atoms with Gasteiger partial charge in [0.05, 0.1) is 19.9 Å². The summed E-state index contributed by atoms with van der Waals surface area (Å²) in [5.41, 5.74) is 6.24. The van der Waals surface area contributed by atoms with Gasteiger partial charge >= 0.3 is 0 Å². The molecule has 26 heavy (non-hydrogen) atoms. The molecule has 0 unspecified atom stereocenters. The Morgan fingerprint density at radius 2 is 1.88 bits per heavy atom. The minimum absolute atomic E-state index is 0.677. The lowest BCUT2D eigenvalue weighted by Gasteiger charge is -2.15. The zero-order chi connectivity index (χ0) is 18.4. The lowest BCUT2D eigenvalue weighted by molar-refractivity contribution is 0.354. The predicted molar refractivity (Wildman–Crippen MR) is 109 cm³/mol. The molecule has 2 aromatic rings. The van der Waals surface area contributed by atoms with Gasteiger partial charge in [-0.05, 0) is 41.8 Å². The summed E-state index contributed by atoms with van der Waals surface area (Å²) in [6.45, 7) is 0.677. The molecular formula is C19H20ClN3O2S. The van der Waals surface area contributed by atoms with E-state index in [1.165, 1.54) is 0 Å². The molecule has 0 saturated carbocycles. The molecule has 0 aromatic heterocycles. The highest BCUT2D eigenvalue weighted by atomic mass is 35.5. The molecule has 1 heterocycles. The van der Waals surface area contributed by atoms with Crippen molar-refractivity contribution in [1.82, 2.24) is 5.43 Å². The van der Waals surface area contributed by atoms with Crippen molar-refractivity contribution in [3.8, 4) is 11.5 Å². The molecule has 5 nitrogen and oxygen atoms in total. The fourth-order valence-electron chi connectivity index (χ4n) is 2.51. The Hall–Kier alpha value is -2.18. The molecule has 3 rings (SSSR count). The van der Waals surface area contributed by atoms with Crippen molar-refractivity contribution in [2.24, 2.45) is 10.1 Å². The Balaban J connectivity index is 1.56. The summed E-state index contributed by atoms with van der Waals surface area (Å²) in [6.07, 6.45) is 0.819. The molecule has 1 aliphatic heterocycles. The first-order valence-electron chi connectivity index (χ1n) is 8.16. The van der Waals surface area contributed by atoms with Crippen LogP contribution in [-0.2, 0) is 6.42 Å². The Morgan fingerprint density at radius 1 is 1.12 bits per heavy atom. The van der Waals surface area contributed by atoms with Crippen LogP contribution in [0.2, 0.25) is 5.02 Å². The molecule has 0 fully saturated rings. The van der Waals surface area contributed by atoms with Gasteiger partial charge in [-0.2, -0.15) is 5.10 Å². The number of ether oxygens (including phenoxy) is 2. The monoisotopic (exact) mass is 389 g/mol. The van der Waals surface area contributed by atoms with Crippen LogP contribution < -0.4 is 14.9 Å². The summed E-state index contributed by atoms with van der Waals surface area (Å²) >= 11 is 7.57. The van der Waals surface area contributed by atoms with Gasteiger partial charge in [-0.15, -0.1) is 0 Å². The maximum absolute atomic E-state index is 5.92. The number of nitrogens with zero attached hydrogens (tertiary/aromatic N) is 2. The van der Waals surface area contributed by atoms with Crippen molar-refractivity contribution in [3.05, 3.63) is 58.6 Å². The lowest BCUT2D eigenvalue weighted by atomic mass is 10.1. The van der Waals surface area contributed by atoms with Crippen LogP contribution in [0, 0.1) is 0 Å². The molecule has 1 N–H and O–H groups in total. The third-order valence-corrected chi connectivity index (χ3v) is 5.08. The number of hydrogen-bond donors (Lipinski definition) is 1. The highest BCUT2D eigenvalue weighted by Gasteiger charge is 2.12. The van der Waals surface area contributed by atoms with Crippen molar-refractivity contribution in [1.29, 1.82) is 0 Å². The van der Waals surface area contributed by atoms with E-state index in [1.807, 2.05) is 42.5 Å². The van der Waals surface area contributed by atoms with Gasteiger partial charge in [0.2, 0.25) is 0 Å². The van der Waals surface area contributed by atoms with Crippen molar-refractivity contribution in [2.45, 2.75) is 6.42 Å². The number of rotatable bonds is 6. The molecule has 0 spiro atoms. The van der Waals surface area contributed by atoms with Crippen LogP contribution in [0.4, 0.5) is 0 Å². The van der Waals surface area contributed by atoms with Crippen LogP contribution in [0.1, 0.15) is 11.1 Å². The molecule has 0 amide bonds. The number of nitrogens with one attached hydrogen (secondary N) is 1. The van der Waals surface area contributed by atoms with Crippen molar-refractivity contribution in [2.75, 3.05) is 26.5 Å². The lowest BCUT2D eigenvalue weighted by Crippen LogP contribution is -2.25. The fraction of sp³-hybridized carbons (Fsp3) is 0.263. The fourth-order valence-corrected chi connectivity index (χ4v) is 3.43. The van der Waals surface area contributed by atoms with E-state index in [0.29, 0.717) is 6.54 Å². The number of halogens is 1. The van der Waals surface area contributed by atoms with E-state index in [4.69, 9.17) is 21.1 Å². The second-order valence-electron chi connectivity index (χ2n) is 5.59. The van der Waals surface area contributed by atoms with E-state index in [9.17, 15) is 0 Å². The number of aliphatic imine (C=N–C) groups is 1. The zero-order valence-corrected chi connectivity index (χ0v) is 16.2. The van der Waals surface area contributed by atoms with Crippen LogP contribution in [0.3, 0.4) is 0 Å². The van der Waals surface area contributed by atoms with Crippen LogP contribution in [0.25, 0.3) is 0 Å². The summed E-state index contributed by atoms with van der Waals surface area (Å²) in [5, 5.41) is 5.98. The van der Waals surface area contributed by atoms with Crippen molar-refractivity contribution in [3.63, 3.8) is 0 Å². The van der Waals surface area contributed by atoms with E-state index in [-0.39, 0.29) is 0 Å². The van der Waals surface area contributed by atoms with E-state index in [1.54, 1.807) is 26.0 Å². The average molecular weight is 390 g/mol. The Labute approximate surface area is 162 Å². The van der Waals surface area contributed by atoms with Gasteiger partial charge in [0, 0.05) is 17.3 Å². The first-order chi connectivity index (χ1) is 12.7. The second kappa shape index (κ2) is 8.96. The van der Waals surface area contributed by atoms with Crippen molar-refractivity contribution >= 4 is 34.2 Å². The molecular weight excluding hydrogens is 370 g/mol. The molecule has 0 aliphatic carbocycles. The molecule has 0 saturated heterocycles. The first kappa shape index (κ1) is 18.6.